The summed E-state index contributed by atoms with van der Waals surface area (Å²) in [6.45, 7) is 7.93. The van der Waals surface area contributed by atoms with Crippen molar-refractivity contribution >= 4 is 5.91 Å². The summed E-state index contributed by atoms with van der Waals surface area (Å²) < 4.78 is 34.4. The predicted molar refractivity (Wildman–Crippen MR) is 155 cm³/mol. The zero-order valence-electron chi connectivity index (χ0n) is 24.3. The molecule has 0 saturated carbocycles. The van der Waals surface area contributed by atoms with Gasteiger partial charge >= 0.3 is 0 Å². The van der Waals surface area contributed by atoms with Crippen LogP contribution < -0.4 is 9.47 Å². The highest BCUT2D eigenvalue weighted by Crippen LogP contribution is 2.39. The van der Waals surface area contributed by atoms with Crippen molar-refractivity contribution in [2.45, 2.75) is 32.1 Å². The molecule has 3 atom stereocenters. The predicted octanol–water partition coefficient (Wildman–Crippen LogP) is 3.15. The van der Waals surface area contributed by atoms with Crippen LogP contribution in [0.25, 0.3) is 0 Å². The van der Waals surface area contributed by atoms with Crippen molar-refractivity contribution in [2.24, 2.45) is 5.92 Å². The van der Waals surface area contributed by atoms with Crippen LogP contribution in [0.5, 0.6) is 11.5 Å². The largest absolute Gasteiger partial charge is 0.459 e. The van der Waals surface area contributed by atoms with Crippen LogP contribution in [0, 0.1) is 5.92 Å². The van der Waals surface area contributed by atoms with Gasteiger partial charge in [0.2, 0.25) is 13.1 Å². The molecule has 0 aromatic heterocycles. The number of hydrogen-bond acceptors (Lipinski definition) is 9. The number of rotatable bonds is 14. The number of aliphatic hydroxyl groups excluding tert-OH is 1. The van der Waals surface area contributed by atoms with Gasteiger partial charge in [-0.3, -0.25) is 9.69 Å². The molecule has 0 aliphatic carbocycles. The number of fused-ring (bicyclic) bond motifs is 1. The minimum Gasteiger partial charge on any atom is -0.459 e. The summed E-state index contributed by atoms with van der Waals surface area (Å²) in [5.41, 5.74) is 2.27. The van der Waals surface area contributed by atoms with Crippen molar-refractivity contribution in [1.29, 1.82) is 0 Å². The first kappa shape index (κ1) is 30.3. The Bertz CT molecular complexity index is 1170. The number of nitrogens with zero attached hydrogens (tertiary/aromatic N) is 2. The minimum atomic E-state index is -0.564. The molecular weight excluding hydrogens is 540 g/mol. The molecule has 0 spiro atoms. The Hall–Kier alpha value is -3.15. The molecule has 1 N–H and O–H groups in total. The fourth-order valence-electron chi connectivity index (χ4n) is 5.65. The fourth-order valence-corrected chi connectivity index (χ4v) is 5.65. The number of piperazine rings is 1. The molecule has 5 rings (SSSR count). The van der Waals surface area contributed by atoms with E-state index in [1.807, 2.05) is 48.2 Å². The summed E-state index contributed by atoms with van der Waals surface area (Å²) in [7, 11) is 0. The SMILES string of the molecule is CCO[C@@H]1OC(C(=O)N2CCN(Cc3ccc4c(c3)OCO4)CC2)=C[C@H](c2ccccc2)[C@H]1CCOCCOCCO. The number of carbonyl (C=O) groups excluding carboxylic acids is 1. The molecule has 3 aliphatic rings. The second-order valence-electron chi connectivity index (χ2n) is 10.6. The lowest BCUT2D eigenvalue weighted by Gasteiger charge is -2.39. The first-order valence-corrected chi connectivity index (χ1v) is 14.9. The van der Waals surface area contributed by atoms with E-state index in [1.54, 1.807) is 0 Å². The van der Waals surface area contributed by atoms with E-state index in [2.05, 4.69) is 23.1 Å². The van der Waals surface area contributed by atoms with Crippen LogP contribution >= 0.6 is 0 Å². The van der Waals surface area contributed by atoms with Crippen molar-refractivity contribution in [2.75, 3.05) is 72.6 Å². The number of aliphatic hydroxyl groups is 1. The quantitative estimate of drug-likeness (QED) is 0.337. The monoisotopic (exact) mass is 582 g/mol. The maximum atomic E-state index is 13.7. The van der Waals surface area contributed by atoms with Crippen molar-refractivity contribution in [3.8, 4) is 11.5 Å². The number of allylic oxidation sites excluding steroid dienone is 1. The van der Waals surface area contributed by atoms with E-state index in [0.717, 1.165) is 42.3 Å². The first-order valence-electron chi connectivity index (χ1n) is 14.9. The van der Waals surface area contributed by atoms with E-state index >= 15 is 0 Å². The minimum absolute atomic E-state index is 0.00154. The molecular formula is C32H42N2O8. The molecule has 42 heavy (non-hydrogen) atoms. The van der Waals surface area contributed by atoms with Gasteiger partial charge in [-0.15, -0.1) is 0 Å². The molecule has 0 bridgehead atoms. The lowest BCUT2D eigenvalue weighted by molar-refractivity contribution is -0.172. The Labute approximate surface area is 247 Å². The Morgan fingerprint density at radius 2 is 1.71 bits per heavy atom. The Morgan fingerprint density at radius 1 is 0.952 bits per heavy atom. The van der Waals surface area contributed by atoms with Gasteiger partial charge in [-0.2, -0.15) is 0 Å². The molecule has 0 radical (unpaired) electrons. The topological polar surface area (TPSA) is 99.2 Å². The maximum Gasteiger partial charge on any atom is 0.288 e. The van der Waals surface area contributed by atoms with Crippen LogP contribution in [0.15, 0.2) is 60.4 Å². The lowest BCUT2D eigenvalue weighted by atomic mass is 9.81. The third kappa shape index (κ3) is 7.81. The molecule has 0 unspecified atom stereocenters. The average molecular weight is 583 g/mol. The number of hydrogen-bond donors (Lipinski definition) is 1. The van der Waals surface area contributed by atoms with Gasteiger partial charge in [0.25, 0.3) is 5.91 Å². The van der Waals surface area contributed by atoms with Gasteiger partial charge < -0.3 is 38.4 Å². The summed E-state index contributed by atoms with van der Waals surface area (Å²) in [6.07, 6.45) is 2.10. The highest BCUT2D eigenvalue weighted by molar-refractivity contribution is 5.92. The molecule has 228 valence electrons. The van der Waals surface area contributed by atoms with Crippen molar-refractivity contribution in [3.05, 3.63) is 71.5 Å². The number of carbonyl (C=O) groups is 1. The molecule has 2 aromatic carbocycles. The molecule has 1 saturated heterocycles. The maximum absolute atomic E-state index is 13.7. The van der Waals surface area contributed by atoms with Crippen LogP contribution in [-0.2, 0) is 30.3 Å². The average Bonchev–Trinajstić information content (AvgIpc) is 3.50. The highest BCUT2D eigenvalue weighted by atomic mass is 16.7. The summed E-state index contributed by atoms with van der Waals surface area (Å²) in [5, 5.41) is 8.86. The van der Waals surface area contributed by atoms with Gasteiger partial charge in [-0.1, -0.05) is 36.4 Å². The van der Waals surface area contributed by atoms with Crippen molar-refractivity contribution in [3.63, 3.8) is 0 Å². The molecule has 10 nitrogen and oxygen atoms in total. The van der Waals surface area contributed by atoms with Gasteiger partial charge in [-0.05, 0) is 42.7 Å². The molecule has 1 amide bonds. The second-order valence-corrected chi connectivity index (χ2v) is 10.6. The molecule has 2 aromatic rings. The van der Waals surface area contributed by atoms with Gasteiger partial charge in [0.1, 0.15) is 0 Å². The third-order valence-corrected chi connectivity index (χ3v) is 7.82. The van der Waals surface area contributed by atoms with E-state index < -0.39 is 6.29 Å². The van der Waals surface area contributed by atoms with Gasteiger partial charge in [0.15, 0.2) is 17.3 Å². The normalized spacial score (nSPS) is 22.1. The van der Waals surface area contributed by atoms with E-state index in [4.69, 9.17) is 33.5 Å². The van der Waals surface area contributed by atoms with Crippen LogP contribution in [0.3, 0.4) is 0 Å². The van der Waals surface area contributed by atoms with Crippen LogP contribution in [0.2, 0.25) is 0 Å². The first-order chi connectivity index (χ1) is 20.7. The summed E-state index contributed by atoms with van der Waals surface area (Å²) in [4.78, 5) is 18.0. The van der Waals surface area contributed by atoms with Crippen LogP contribution in [0.1, 0.15) is 30.4 Å². The summed E-state index contributed by atoms with van der Waals surface area (Å²) in [6, 6.07) is 16.2. The number of ether oxygens (including phenoxy) is 6. The Balaban J connectivity index is 1.22. The van der Waals surface area contributed by atoms with Gasteiger partial charge in [0, 0.05) is 57.8 Å². The van der Waals surface area contributed by atoms with E-state index in [9.17, 15) is 4.79 Å². The summed E-state index contributed by atoms with van der Waals surface area (Å²) >= 11 is 0. The molecule has 3 aliphatic heterocycles. The zero-order valence-corrected chi connectivity index (χ0v) is 24.3. The Kier molecular flexibility index (Phi) is 11.1. The highest BCUT2D eigenvalue weighted by Gasteiger charge is 2.39. The number of amides is 1. The van der Waals surface area contributed by atoms with E-state index in [1.165, 1.54) is 0 Å². The smallest absolute Gasteiger partial charge is 0.288 e. The third-order valence-electron chi connectivity index (χ3n) is 7.82. The molecule has 3 heterocycles. The summed E-state index contributed by atoms with van der Waals surface area (Å²) in [5.74, 6) is 1.74. The zero-order chi connectivity index (χ0) is 29.1. The van der Waals surface area contributed by atoms with Crippen molar-refractivity contribution < 1.29 is 38.3 Å². The second kappa shape index (κ2) is 15.4. The number of benzene rings is 2. The molecule has 10 heteroatoms. The lowest BCUT2D eigenvalue weighted by Crippen LogP contribution is -2.50. The fraction of sp³-hybridized carbons (Fsp3) is 0.531. The van der Waals surface area contributed by atoms with Gasteiger partial charge in [0.05, 0.1) is 26.4 Å². The van der Waals surface area contributed by atoms with Crippen LogP contribution in [0.4, 0.5) is 0 Å². The van der Waals surface area contributed by atoms with E-state index in [0.29, 0.717) is 58.3 Å². The van der Waals surface area contributed by atoms with Gasteiger partial charge in [-0.25, -0.2) is 0 Å². The van der Waals surface area contributed by atoms with Crippen molar-refractivity contribution in [1.82, 2.24) is 9.80 Å². The van der Waals surface area contributed by atoms with Crippen LogP contribution in [-0.4, -0.2) is 99.7 Å². The standard InChI is InChI=1S/C32H42N2O8/c1-2-39-32-26(10-16-37-18-19-38-17-15-35)27(25-6-4-3-5-7-25)21-30(42-32)31(36)34-13-11-33(12-14-34)22-24-8-9-28-29(20-24)41-23-40-28/h3-9,20-21,26-27,32,35H,2,10-19,22-23H2,1H3/t26-,27-,32-/m1/s1. The van der Waals surface area contributed by atoms with E-state index in [-0.39, 0.29) is 31.1 Å². The molecule has 1 fully saturated rings. The Morgan fingerprint density at radius 3 is 2.48 bits per heavy atom.